The molecule has 1 aromatic rings. The Morgan fingerprint density at radius 2 is 2.33 bits per heavy atom. The molecule has 98 valence electrons. The lowest BCUT2D eigenvalue weighted by Gasteiger charge is -2.32. The molecular formula is C13H19N3OS. The third-order valence-electron chi connectivity index (χ3n) is 3.96. The minimum Gasteiger partial charge on any atom is -0.492 e. The topological polar surface area (TPSA) is 49.3 Å². The fourth-order valence-electron chi connectivity index (χ4n) is 3.11. The van der Waals surface area contributed by atoms with E-state index in [1.165, 1.54) is 38.5 Å². The minimum absolute atomic E-state index is 0.0322. The molecule has 4 nitrogen and oxygen atoms in total. The average molecular weight is 265 g/mol. The van der Waals surface area contributed by atoms with Gasteiger partial charge in [0.1, 0.15) is 5.03 Å². The number of hydrogen-bond donors (Lipinski definition) is 1. The van der Waals surface area contributed by atoms with Gasteiger partial charge in [0.05, 0.1) is 17.9 Å². The van der Waals surface area contributed by atoms with Gasteiger partial charge in [-0.15, -0.1) is 11.8 Å². The van der Waals surface area contributed by atoms with Crippen LogP contribution in [0.1, 0.15) is 37.9 Å². The highest BCUT2D eigenvalue weighted by Gasteiger charge is 2.36. The third kappa shape index (κ3) is 2.21. The van der Waals surface area contributed by atoms with Crippen molar-refractivity contribution in [1.82, 2.24) is 14.9 Å². The zero-order valence-electron chi connectivity index (χ0n) is 10.7. The van der Waals surface area contributed by atoms with Crippen LogP contribution in [0.25, 0.3) is 0 Å². The molecule has 0 aliphatic carbocycles. The predicted molar refractivity (Wildman–Crippen MR) is 71.7 cm³/mol. The molecule has 5 heteroatoms. The van der Waals surface area contributed by atoms with Crippen molar-refractivity contribution in [2.24, 2.45) is 5.92 Å². The molecule has 3 atom stereocenters. The molecule has 3 heterocycles. The lowest BCUT2D eigenvalue weighted by Crippen LogP contribution is -2.31. The molecule has 0 aromatic carbocycles. The van der Waals surface area contributed by atoms with Crippen LogP contribution < -0.4 is 0 Å². The number of rotatable bonds is 3. The third-order valence-corrected chi connectivity index (χ3v) is 4.82. The first-order valence-electron chi connectivity index (χ1n) is 6.70. The van der Waals surface area contributed by atoms with Gasteiger partial charge in [0.15, 0.2) is 0 Å². The lowest BCUT2D eigenvalue weighted by atomic mass is 9.95. The van der Waals surface area contributed by atoms with Crippen LogP contribution in [0.15, 0.2) is 11.2 Å². The van der Waals surface area contributed by atoms with Crippen molar-refractivity contribution in [2.45, 2.75) is 37.3 Å². The van der Waals surface area contributed by atoms with Crippen molar-refractivity contribution in [3.63, 3.8) is 0 Å². The second kappa shape index (κ2) is 5.05. The number of aromatic hydroxyl groups is 1. The van der Waals surface area contributed by atoms with E-state index >= 15 is 0 Å². The van der Waals surface area contributed by atoms with Crippen molar-refractivity contribution >= 4 is 11.8 Å². The maximum atomic E-state index is 9.49. The summed E-state index contributed by atoms with van der Waals surface area (Å²) < 4.78 is 0. The standard InChI is InChI=1S/C13H19N3OS/c1-2-18-13-12(14-7-11(17)15-13)10-4-3-9-5-6-16(10)8-9/h7,9-10H,2-6,8H2,1H3,(H,15,17). The molecule has 0 saturated carbocycles. The molecule has 18 heavy (non-hydrogen) atoms. The molecule has 2 saturated heterocycles. The molecule has 2 aliphatic rings. The van der Waals surface area contributed by atoms with Crippen molar-refractivity contribution in [1.29, 1.82) is 0 Å². The maximum absolute atomic E-state index is 9.49. The first-order chi connectivity index (χ1) is 8.78. The molecule has 3 unspecified atom stereocenters. The minimum atomic E-state index is 0.0322. The Kier molecular flexibility index (Phi) is 3.43. The molecule has 2 aliphatic heterocycles. The van der Waals surface area contributed by atoms with E-state index in [-0.39, 0.29) is 5.88 Å². The van der Waals surface area contributed by atoms with Crippen LogP contribution in [-0.2, 0) is 0 Å². The monoisotopic (exact) mass is 265 g/mol. The SMILES string of the molecule is CCSc1nc(O)cnc1C1CCC2CCN1C2. The summed E-state index contributed by atoms with van der Waals surface area (Å²) in [5.41, 5.74) is 1.07. The van der Waals surface area contributed by atoms with E-state index in [9.17, 15) is 5.11 Å². The van der Waals surface area contributed by atoms with Gasteiger partial charge in [0, 0.05) is 6.54 Å². The largest absolute Gasteiger partial charge is 0.492 e. The van der Waals surface area contributed by atoms with Gasteiger partial charge < -0.3 is 5.11 Å². The Hall–Kier alpha value is -0.810. The molecule has 0 spiro atoms. The summed E-state index contributed by atoms with van der Waals surface area (Å²) in [4.78, 5) is 11.2. The quantitative estimate of drug-likeness (QED) is 0.851. The van der Waals surface area contributed by atoms with Gasteiger partial charge in [-0.05, 0) is 37.5 Å². The summed E-state index contributed by atoms with van der Waals surface area (Å²) in [7, 11) is 0. The van der Waals surface area contributed by atoms with E-state index in [0.717, 1.165) is 22.4 Å². The van der Waals surface area contributed by atoms with Gasteiger partial charge in [-0.3, -0.25) is 9.88 Å². The van der Waals surface area contributed by atoms with Crippen molar-refractivity contribution in [3.8, 4) is 5.88 Å². The van der Waals surface area contributed by atoms with E-state index < -0.39 is 0 Å². The number of hydrogen-bond acceptors (Lipinski definition) is 5. The zero-order chi connectivity index (χ0) is 12.5. The smallest absolute Gasteiger partial charge is 0.230 e. The summed E-state index contributed by atoms with van der Waals surface area (Å²) in [5, 5.41) is 10.4. The number of aromatic nitrogens is 2. The first kappa shape index (κ1) is 12.2. The molecule has 1 N–H and O–H groups in total. The van der Waals surface area contributed by atoms with Gasteiger partial charge in [-0.1, -0.05) is 6.92 Å². The Bertz CT molecular complexity index is 440. The number of fused-ring (bicyclic) bond motifs is 2. The second-order valence-electron chi connectivity index (χ2n) is 5.09. The van der Waals surface area contributed by atoms with Gasteiger partial charge >= 0.3 is 0 Å². The highest BCUT2D eigenvalue weighted by atomic mass is 32.2. The molecule has 2 bridgehead atoms. The van der Waals surface area contributed by atoms with Crippen LogP contribution >= 0.6 is 11.8 Å². The van der Waals surface area contributed by atoms with Crippen LogP contribution in [0.5, 0.6) is 5.88 Å². The normalized spacial score (nSPS) is 30.6. The van der Waals surface area contributed by atoms with Crippen LogP contribution in [0.2, 0.25) is 0 Å². The summed E-state index contributed by atoms with van der Waals surface area (Å²) in [6.07, 6.45) is 5.30. The molecule has 3 rings (SSSR count). The van der Waals surface area contributed by atoms with Crippen molar-refractivity contribution in [3.05, 3.63) is 11.9 Å². The number of nitrogens with zero attached hydrogens (tertiary/aromatic N) is 3. The summed E-state index contributed by atoms with van der Waals surface area (Å²) >= 11 is 1.68. The van der Waals surface area contributed by atoms with Crippen LogP contribution in [0.4, 0.5) is 0 Å². The molecule has 0 radical (unpaired) electrons. The Labute approximate surface area is 112 Å². The second-order valence-corrected chi connectivity index (χ2v) is 6.35. The molecule has 1 aromatic heterocycles. The fourth-order valence-corrected chi connectivity index (χ4v) is 3.88. The van der Waals surface area contributed by atoms with Crippen LogP contribution in [0, 0.1) is 5.92 Å². The highest BCUT2D eigenvalue weighted by molar-refractivity contribution is 7.99. The zero-order valence-corrected chi connectivity index (χ0v) is 11.5. The Morgan fingerprint density at radius 3 is 3.17 bits per heavy atom. The van der Waals surface area contributed by atoms with E-state index in [1.807, 2.05) is 0 Å². The van der Waals surface area contributed by atoms with Crippen LogP contribution in [-0.4, -0.2) is 38.8 Å². The van der Waals surface area contributed by atoms with E-state index in [2.05, 4.69) is 21.8 Å². The predicted octanol–water partition coefficient (Wildman–Crippen LogP) is 2.45. The average Bonchev–Trinajstić information content (AvgIpc) is 2.74. The Balaban J connectivity index is 1.90. The van der Waals surface area contributed by atoms with Crippen molar-refractivity contribution in [2.75, 3.05) is 18.8 Å². The fraction of sp³-hybridized carbons (Fsp3) is 0.692. The number of piperidine rings is 1. The van der Waals surface area contributed by atoms with E-state index in [0.29, 0.717) is 6.04 Å². The highest BCUT2D eigenvalue weighted by Crippen LogP contribution is 2.40. The summed E-state index contributed by atoms with van der Waals surface area (Å²) in [5.74, 6) is 1.89. The van der Waals surface area contributed by atoms with Crippen LogP contribution in [0.3, 0.4) is 0 Å². The molecule has 0 amide bonds. The maximum Gasteiger partial charge on any atom is 0.230 e. The van der Waals surface area contributed by atoms with Crippen molar-refractivity contribution < 1.29 is 5.11 Å². The molecule has 2 fully saturated rings. The van der Waals surface area contributed by atoms with Gasteiger partial charge in [0.25, 0.3) is 0 Å². The number of thioether (sulfide) groups is 1. The summed E-state index contributed by atoms with van der Waals surface area (Å²) in [6.45, 7) is 4.50. The Morgan fingerprint density at radius 1 is 1.44 bits per heavy atom. The van der Waals surface area contributed by atoms with E-state index in [4.69, 9.17) is 0 Å². The van der Waals surface area contributed by atoms with E-state index in [1.54, 1.807) is 11.8 Å². The first-order valence-corrected chi connectivity index (χ1v) is 7.69. The van der Waals surface area contributed by atoms with Gasteiger partial charge in [-0.2, -0.15) is 0 Å². The summed E-state index contributed by atoms with van der Waals surface area (Å²) in [6, 6.07) is 0.408. The van der Waals surface area contributed by atoms with Gasteiger partial charge in [0.2, 0.25) is 5.88 Å². The lowest BCUT2D eigenvalue weighted by molar-refractivity contribution is 0.175. The van der Waals surface area contributed by atoms with Gasteiger partial charge in [-0.25, -0.2) is 4.98 Å². The molecular weight excluding hydrogens is 246 g/mol.